The van der Waals surface area contributed by atoms with Gasteiger partial charge in [-0.05, 0) is 51.4 Å². The maximum Gasteiger partial charge on any atom is 0.0594 e. The lowest BCUT2D eigenvalue weighted by molar-refractivity contribution is 0.651. The first kappa shape index (κ1) is 26.4. The van der Waals surface area contributed by atoms with Crippen molar-refractivity contribution >= 4 is 7.26 Å². The smallest absolute Gasteiger partial charge is 0.0594 e. The zero-order valence-corrected chi connectivity index (χ0v) is 20.2. The van der Waals surface area contributed by atoms with E-state index in [4.69, 9.17) is 0 Å². The Morgan fingerprint density at radius 1 is 0.308 bits per heavy atom. The molecule has 0 nitrogen and oxygen atoms in total. The predicted molar refractivity (Wildman–Crippen MR) is 128 cm³/mol. The van der Waals surface area contributed by atoms with Crippen LogP contribution >= 0.6 is 7.26 Å². The normalized spacial score (nSPS) is 12.0. The minimum absolute atomic E-state index is 0.665. The largest absolute Gasteiger partial charge is 0.0654 e. The van der Waals surface area contributed by atoms with Gasteiger partial charge in [0.2, 0.25) is 0 Å². The first-order chi connectivity index (χ1) is 12.7. The van der Waals surface area contributed by atoms with Gasteiger partial charge in [0.05, 0.1) is 24.6 Å². The van der Waals surface area contributed by atoms with Gasteiger partial charge in [-0.25, -0.2) is 0 Å². The topological polar surface area (TPSA) is 0 Å². The van der Waals surface area contributed by atoms with E-state index in [1.54, 1.807) is 31.1 Å². The summed E-state index contributed by atoms with van der Waals surface area (Å²) in [5.74, 6) is 0. The van der Waals surface area contributed by atoms with Gasteiger partial charge < -0.3 is 0 Å². The van der Waals surface area contributed by atoms with E-state index in [0.717, 1.165) is 0 Å². The van der Waals surface area contributed by atoms with E-state index in [-0.39, 0.29) is 0 Å². The van der Waals surface area contributed by atoms with Crippen LogP contribution in [-0.4, -0.2) is 24.6 Å². The van der Waals surface area contributed by atoms with E-state index in [9.17, 15) is 0 Å². The summed E-state index contributed by atoms with van der Waals surface area (Å²) in [6.45, 7) is 9.40. The fourth-order valence-electron chi connectivity index (χ4n) is 4.34. The minimum Gasteiger partial charge on any atom is -0.0654 e. The van der Waals surface area contributed by atoms with Gasteiger partial charge in [-0.3, -0.25) is 0 Å². The van der Waals surface area contributed by atoms with E-state index in [2.05, 4.69) is 27.7 Å². The first-order valence-corrected chi connectivity index (χ1v) is 15.1. The summed E-state index contributed by atoms with van der Waals surface area (Å²) in [6, 6.07) is 0. The fourth-order valence-corrected chi connectivity index (χ4v) is 9.26. The van der Waals surface area contributed by atoms with Crippen LogP contribution in [0.1, 0.15) is 137 Å². The Balaban J connectivity index is 4.63. The van der Waals surface area contributed by atoms with Gasteiger partial charge in [-0.2, -0.15) is 0 Å². The highest BCUT2D eigenvalue weighted by Crippen LogP contribution is 2.61. The van der Waals surface area contributed by atoms with Gasteiger partial charge in [0, 0.05) is 7.26 Å². The number of rotatable bonds is 21. The lowest BCUT2D eigenvalue weighted by atomic mass is 10.2. The van der Waals surface area contributed by atoms with Crippen molar-refractivity contribution in [1.82, 2.24) is 0 Å². The van der Waals surface area contributed by atoms with Crippen molar-refractivity contribution in [1.29, 1.82) is 0 Å². The average Bonchev–Trinajstić information content (AvgIpc) is 2.65. The molecule has 0 aliphatic rings. The van der Waals surface area contributed by atoms with Gasteiger partial charge in [0.1, 0.15) is 0 Å². The van der Waals surface area contributed by atoms with Gasteiger partial charge in [0.25, 0.3) is 0 Å². The van der Waals surface area contributed by atoms with Crippen LogP contribution in [0.2, 0.25) is 0 Å². The van der Waals surface area contributed by atoms with E-state index < -0.39 is 7.26 Å². The van der Waals surface area contributed by atoms with Gasteiger partial charge in [-0.1, -0.05) is 85.5 Å². The van der Waals surface area contributed by atoms with E-state index in [0.29, 0.717) is 0 Å². The Morgan fingerprint density at radius 3 is 0.808 bits per heavy atom. The molecule has 0 heterocycles. The van der Waals surface area contributed by atoms with Gasteiger partial charge in [-0.15, -0.1) is 0 Å². The second-order valence-corrected chi connectivity index (χ2v) is 13.3. The summed E-state index contributed by atoms with van der Waals surface area (Å²) in [5.41, 5.74) is 0. The number of hydrogen-bond donors (Lipinski definition) is 0. The molecule has 0 N–H and O–H groups in total. The highest BCUT2D eigenvalue weighted by molar-refractivity contribution is 7.75. The van der Waals surface area contributed by atoms with Crippen molar-refractivity contribution < 1.29 is 0 Å². The van der Waals surface area contributed by atoms with Crippen LogP contribution in [0.25, 0.3) is 0 Å². The SMILES string of the molecule is CCCCCCC[P+](CCCCCC)(CCCCCC)CCCCCC. The second-order valence-electron chi connectivity index (χ2n) is 8.83. The Hall–Kier alpha value is 0.430. The molecule has 0 aliphatic heterocycles. The summed E-state index contributed by atoms with van der Waals surface area (Å²) in [7, 11) is -0.665. The van der Waals surface area contributed by atoms with Crippen LogP contribution in [-0.2, 0) is 0 Å². The summed E-state index contributed by atoms with van der Waals surface area (Å²) >= 11 is 0. The maximum absolute atomic E-state index is 2.35. The number of hydrogen-bond acceptors (Lipinski definition) is 0. The molecule has 0 aromatic heterocycles. The Bertz CT molecular complexity index is 230. The minimum atomic E-state index is -0.665. The molecule has 0 aromatic rings. The summed E-state index contributed by atoms with van der Waals surface area (Å²) in [4.78, 5) is 0. The molecule has 0 amide bonds. The summed E-state index contributed by atoms with van der Waals surface area (Å²) in [5, 5.41) is 0. The van der Waals surface area contributed by atoms with Crippen LogP contribution in [0.5, 0.6) is 0 Å². The van der Waals surface area contributed by atoms with Crippen molar-refractivity contribution in [3.05, 3.63) is 0 Å². The fraction of sp³-hybridized carbons (Fsp3) is 1.00. The Morgan fingerprint density at radius 2 is 0.538 bits per heavy atom. The van der Waals surface area contributed by atoms with Gasteiger partial charge >= 0.3 is 0 Å². The quantitative estimate of drug-likeness (QED) is 0.136. The molecule has 158 valence electrons. The summed E-state index contributed by atoms with van der Waals surface area (Å²) < 4.78 is 0. The first-order valence-electron chi connectivity index (χ1n) is 12.6. The molecule has 1 heteroatoms. The van der Waals surface area contributed by atoms with Crippen molar-refractivity contribution in [2.45, 2.75) is 137 Å². The Labute approximate surface area is 169 Å². The Kier molecular flexibility index (Phi) is 20.5. The predicted octanol–water partition coefficient (Wildman–Crippen LogP) is 9.72. The van der Waals surface area contributed by atoms with Crippen molar-refractivity contribution in [3.63, 3.8) is 0 Å². The van der Waals surface area contributed by atoms with Gasteiger partial charge in [0.15, 0.2) is 0 Å². The molecule has 0 atom stereocenters. The molecule has 0 bridgehead atoms. The average molecular weight is 386 g/mol. The van der Waals surface area contributed by atoms with Crippen molar-refractivity contribution in [2.75, 3.05) is 24.6 Å². The van der Waals surface area contributed by atoms with Crippen LogP contribution in [0.15, 0.2) is 0 Å². The number of unbranched alkanes of at least 4 members (excludes halogenated alkanes) is 13. The van der Waals surface area contributed by atoms with Crippen LogP contribution < -0.4 is 0 Å². The van der Waals surface area contributed by atoms with E-state index in [1.165, 1.54) is 103 Å². The second kappa shape index (κ2) is 20.2. The third kappa shape index (κ3) is 15.5. The molecule has 0 rings (SSSR count). The highest BCUT2D eigenvalue weighted by Gasteiger charge is 2.34. The molecule has 26 heavy (non-hydrogen) atoms. The van der Waals surface area contributed by atoms with E-state index >= 15 is 0 Å². The van der Waals surface area contributed by atoms with Crippen LogP contribution in [0, 0.1) is 0 Å². The molecule has 0 unspecified atom stereocenters. The van der Waals surface area contributed by atoms with Crippen LogP contribution in [0.3, 0.4) is 0 Å². The van der Waals surface area contributed by atoms with E-state index in [1.807, 2.05) is 0 Å². The molecular weight excluding hydrogens is 331 g/mol. The van der Waals surface area contributed by atoms with Crippen molar-refractivity contribution in [3.8, 4) is 0 Å². The summed E-state index contributed by atoms with van der Waals surface area (Å²) in [6.07, 6.45) is 31.6. The molecule has 0 fully saturated rings. The molecule has 0 spiro atoms. The third-order valence-corrected chi connectivity index (χ3v) is 11.3. The molecular formula is C25H54P+. The maximum atomic E-state index is 2.35. The standard InChI is InChI=1S/C25H54P/c1-5-9-13-17-21-25-26(22-18-14-10-6-2,23-19-15-11-7-3)24-20-16-12-8-4/h5-25H2,1-4H3/q+1. The molecule has 0 radical (unpaired) electrons. The monoisotopic (exact) mass is 385 g/mol. The van der Waals surface area contributed by atoms with Crippen molar-refractivity contribution in [2.24, 2.45) is 0 Å². The molecule has 0 saturated heterocycles. The zero-order chi connectivity index (χ0) is 19.3. The molecule has 0 aromatic carbocycles. The lowest BCUT2D eigenvalue weighted by Crippen LogP contribution is -2.13. The third-order valence-electron chi connectivity index (χ3n) is 6.19. The highest BCUT2D eigenvalue weighted by atomic mass is 31.2. The molecule has 0 saturated carbocycles. The molecule has 0 aliphatic carbocycles. The van der Waals surface area contributed by atoms with Crippen LogP contribution in [0.4, 0.5) is 0 Å². The lowest BCUT2D eigenvalue weighted by Gasteiger charge is -2.28. The zero-order valence-electron chi connectivity index (χ0n) is 19.3.